The minimum absolute atomic E-state index is 0.0439. The van der Waals surface area contributed by atoms with Crippen LogP contribution in [0.25, 0.3) is 0 Å². The summed E-state index contributed by atoms with van der Waals surface area (Å²) in [7, 11) is 0. The summed E-state index contributed by atoms with van der Waals surface area (Å²) in [6.45, 7) is 0. The molecule has 132 valence electrons. The van der Waals surface area contributed by atoms with E-state index in [1.165, 1.54) is 18.2 Å². The van der Waals surface area contributed by atoms with Crippen molar-refractivity contribution >= 4 is 39.1 Å². The van der Waals surface area contributed by atoms with Crippen LogP contribution in [0.3, 0.4) is 0 Å². The van der Waals surface area contributed by atoms with Crippen molar-refractivity contribution < 1.29 is 19.2 Å². The standard InChI is InChI=1S/C22H13BrO4/c23-18-12-16(21(26)19(24)14-7-3-1-4-8-14)11-17(13-18)22(27)20(25)15-9-5-2-6-10-15/h1-13H. The summed E-state index contributed by atoms with van der Waals surface area (Å²) in [6, 6.07) is 20.5. The molecule has 0 aliphatic rings. The molecule has 5 heteroatoms. The third kappa shape index (κ3) is 4.15. The maximum Gasteiger partial charge on any atom is 0.233 e. The maximum absolute atomic E-state index is 12.5. The van der Waals surface area contributed by atoms with Gasteiger partial charge in [0.25, 0.3) is 0 Å². The quantitative estimate of drug-likeness (QED) is 0.432. The highest BCUT2D eigenvalue weighted by molar-refractivity contribution is 9.10. The van der Waals surface area contributed by atoms with Crippen LogP contribution in [0.2, 0.25) is 0 Å². The van der Waals surface area contributed by atoms with Crippen LogP contribution in [0.4, 0.5) is 0 Å². The van der Waals surface area contributed by atoms with Crippen LogP contribution in [0, 0.1) is 0 Å². The highest BCUT2D eigenvalue weighted by Crippen LogP contribution is 2.19. The Kier molecular flexibility index (Phi) is 5.52. The number of ketones is 4. The Morgan fingerprint density at radius 1 is 0.481 bits per heavy atom. The predicted octanol–water partition coefficient (Wildman–Crippen LogP) is 4.58. The molecule has 0 spiro atoms. The van der Waals surface area contributed by atoms with Gasteiger partial charge in [-0.25, -0.2) is 0 Å². The number of rotatable bonds is 6. The first-order chi connectivity index (χ1) is 13.0. The predicted molar refractivity (Wildman–Crippen MR) is 104 cm³/mol. The van der Waals surface area contributed by atoms with Gasteiger partial charge in [0.05, 0.1) is 0 Å². The zero-order valence-corrected chi connectivity index (χ0v) is 15.6. The van der Waals surface area contributed by atoms with Crippen LogP contribution in [-0.2, 0) is 0 Å². The molecular formula is C22H13BrO4. The van der Waals surface area contributed by atoms with Gasteiger partial charge in [-0.3, -0.25) is 19.2 Å². The van der Waals surface area contributed by atoms with E-state index >= 15 is 0 Å². The monoisotopic (exact) mass is 420 g/mol. The van der Waals surface area contributed by atoms with E-state index in [1.807, 2.05) is 0 Å². The van der Waals surface area contributed by atoms with E-state index in [2.05, 4.69) is 15.9 Å². The van der Waals surface area contributed by atoms with Crippen LogP contribution in [0.15, 0.2) is 83.3 Å². The summed E-state index contributed by atoms with van der Waals surface area (Å²) in [5, 5.41) is 0. The van der Waals surface area contributed by atoms with Gasteiger partial charge in [-0.1, -0.05) is 76.6 Å². The molecular weight excluding hydrogens is 408 g/mol. The first-order valence-electron chi connectivity index (χ1n) is 8.06. The molecule has 0 unspecified atom stereocenters. The summed E-state index contributed by atoms with van der Waals surface area (Å²) in [4.78, 5) is 49.8. The molecule has 4 nitrogen and oxygen atoms in total. The van der Waals surface area contributed by atoms with Crippen molar-refractivity contribution in [2.75, 3.05) is 0 Å². The van der Waals surface area contributed by atoms with E-state index in [1.54, 1.807) is 60.7 Å². The van der Waals surface area contributed by atoms with Gasteiger partial charge >= 0.3 is 0 Å². The van der Waals surface area contributed by atoms with Gasteiger partial charge in [-0.05, 0) is 18.2 Å². The SMILES string of the molecule is O=C(C(=O)c1cc(Br)cc(C(=O)C(=O)c2ccccc2)c1)c1ccccc1. The summed E-state index contributed by atoms with van der Waals surface area (Å²) in [6.07, 6.45) is 0. The van der Waals surface area contributed by atoms with Gasteiger partial charge in [0.15, 0.2) is 0 Å². The van der Waals surface area contributed by atoms with Crippen molar-refractivity contribution in [3.8, 4) is 0 Å². The lowest BCUT2D eigenvalue weighted by Gasteiger charge is -2.06. The van der Waals surface area contributed by atoms with Crippen molar-refractivity contribution in [2.45, 2.75) is 0 Å². The molecule has 0 N–H and O–H groups in total. The van der Waals surface area contributed by atoms with Gasteiger partial charge < -0.3 is 0 Å². The van der Waals surface area contributed by atoms with Crippen LogP contribution < -0.4 is 0 Å². The van der Waals surface area contributed by atoms with Crippen LogP contribution in [0.1, 0.15) is 41.4 Å². The molecule has 0 atom stereocenters. The molecule has 0 aliphatic heterocycles. The van der Waals surface area contributed by atoms with Crippen molar-refractivity contribution in [3.63, 3.8) is 0 Å². The molecule has 0 amide bonds. The first-order valence-corrected chi connectivity index (χ1v) is 8.85. The maximum atomic E-state index is 12.5. The minimum Gasteiger partial charge on any atom is -0.285 e. The van der Waals surface area contributed by atoms with E-state index in [-0.39, 0.29) is 22.3 Å². The molecule has 3 aromatic rings. The average molecular weight is 421 g/mol. The zero-order chi connectivity index (χ0) is 19.4. The molecule has 0 fully saturated rings. The lowest BCUT2D eigenvalue weighted by atomic mass is 9.96. The van der Waals surface area contributed by atoms with Crippen molar-refractivity contribution in [2.24, 2.45) is 0 Å². The normalized spacial score (nSPS) is 10.3. The Bertz CT molecular complexity index is 959. The Morgan fingerprint density at radius 2 is 0.815 bits per heavy atom. The number of halogens is 1. The van der Waals surface area contributed by atoms with Gasteiger partial charge in [0.1, 0.15) is 0 Å². The average Bonchev–Trinajstić information content (AvgIpc) is 2.72. The summed E-state index contributed by atoms with van der Waals surface area (Å²) in [5.74, 6) is -2.85. The fraction of sp³-hybridized carbons (Fsp3) is 0. The number of carbonyl (C=O) groups is 4. The highest BCUT2D eigenvalue weighted by atomic mass is 79.9. The topological polar surface area (TPSA) is 68.3 Å². The highest BCUT2D eigenvalue weighted by Gasteiger charge is 2.23. The third-order valence-corrected chi connectivity index (χ3v) is 4.36. The summed E-state index contributed by atoms with van der Waals surface area (Å²) < 4.78 is 0.429. The number of hydrogen-bond donors (Lipinski definition) is 0. The zero-order valence-electron chi connectivity index (χ0n) is 14.0. The Labute approximate surface area is 164 Å². The summed E-state index contributed by atoms with van der Waals surface area (Å²) >= 11 is 3.23. The van der Waals surface area contributed by atoms with Crippen molar-refractivity contribution in [1.29, 1.82) is 0 Å². The molecule has 0 saturated carbocycles. The second-order valence-corrected chi connectivity index (χ2v) is 6.69. The van der Waals surface area contributed by atoms with E-state index in [4.69, 9.17) is 0 Å². The lowest BCUT2D eigenvalue weighted by Crippen LogP contribution is -2.18. The molecule has 27 heavy (non-hydrogen) atoms. The van der Waals surface area contributed by atoms with Crippen molar-refractivity contribution in [1.82, 2.24) is 0 Å². The smallest absolute Gasteiger partial charge is 0.233 e. The van der Waals surface area contributed by atoms with Gasteiger partial charge in [0.2, 0.25) is 23.1 Å². The number of Topliss-reactive ketones (excluding diaryl/α,β-unsaturated/α-hetero) is 4. The van der Waals surface area contributed by atoms with E-state index in [0.29, 0.717) is 4.47 Å². The molecule has 0 heterocycles. The fourth-order valence-electron chi connectivity index (χ4n) is 2.56. The van der Waals surface area contributed by atoms with Crippen molar-refractivity contribution in [3.05, 3.63) is 106 Å². The number of hydrogen-bond acceptors (Lipinski definition) is 4. The molecule has 3 aromatic carbocycles. The van der Waals surface area contributed by atoms with Gasteiger partial charge in [-0.2, -0.15) is 0 Å². The van der Waals surface area contributed by atoms with Crippen LogP contribution in [-0.4, -0.2) is 23.1 Å². The molecule has 0 aromatic heterocycles. The Morgan fingerprint density at radius 3 is 1.19 bits per heavy atom. The number of carbonyl (C=O) groups excluding carboxylic acids is 4. The largest absolute Gasteiger partial charge is 0.285 e. The lowest BCUT2D eigenvalue weighted by molar-refractivity contribution is 0.0812. The van der Waals surface area contributed by atoms with E-state index in [9.17, 15) is 19.2 Å². The second kappa shape index (κ2) is 8.01. The van der Waals surface area contributed by atoms with Gasteiger partial charge in [0, 0.05) is 26.7 Å². The molecule has 0 bridgehead atoms. The van der Waals surface area contributed by atoms with Gasteiger partial charge in [-0.15, -0.1) is 0 Å². The van der Waals surface area contributed by atoms with E-state index in [0.717, 1.165) is 0 Å². The summed E-state index contributed by atoms with van der Waals surface area (Å²) in [5.41, 5.74) is 0.608. The Balaban J connectivity index is 1.93. The molecule has 0 radical (unpaired) electrons. The molecule has 0 saturated heterocycles. The molecule has 0 aliphatic carbocycles. The fourth-order valence-corrected chi connectivity index (χ4v) is 3.05. The van der Waals surface area contributed by atoms with E-state index < -0.39 is 23.1 Å². The molecule has 3 rings (SSSR count). The second-order valence-electron chi connectivity index (χ2n) is 5.78. The Hall–Kier alpha value is -3.18. The minimum atomic E-state index is -0.747. The number of benzene rings is 3. The van der Waals surface area contributed by atoms with Crippen LogP contribution in [0.5, 0.6) is 0 Å². The first kappa shape index (κ1) is 18.6. The van der Waals surface area contributed by atoms with Crippen LogP contribution >= 0.6 is 15.9 Å². The third-order valence-electron chi connectivity index (χ3n) is 3.91.